The lowest BCUT2D eigenvalue weighted by Gasteiger charge is -2.16. The van der Waals surface area contributed by atoms with E-state index in [1.165, 1.54) is 24.0 Å². The molecule has 0 bridgehead atoms. The molecule has 1 saturated heterocycles. The van der Waals surface area contributed by atoms with Gasteiger partial charge in [-0.15, -0.1) is 0 Å². The van der Waals surface area contributed by atoms with Crippen LogP contribution in [0.4, 0.5) is 0 Å². The minimum absolute atomic E-state index is 0.911. The molecular formula is C15H24O2. The van der Waals surface area contributed by atoms with E-state index in [1.54, 1.807) is 0 Å². The number of rotatable bonds is 0. The van der Waals surface area contributed by atoms with Crippen LogP contribution in [0.15, 0.2) is 24.3 Å². The molecule has 1 aliphatic heterocycles. The van der Waals surface area contributed by atoms with Crippen molar-refractivity contribution in [3.8, 4) is 0 Å². The van der Waals surface area contributed by atoms with Crippen LogP contribution in [0.2, 0.25) is 0 Å². The van der Waals surface area contributed by atoms with Gasteiger partial charge in [-0.3, -0.25) is 0 Å². The smallest absolute Gasteiger partial charge is 0.106 e. The Bertz CT molecular complexity index is 252. The van der Waals surface area contributed by atoms with Gasteiger partial charge in [0.05, 0.1) is 0 Å². The second-order valence-electron chi connectivity index (χ2n) is 4.45. The van der Waals surface area contributed by atoms with Gasteiger partial charge in [0.15, 0.2) is 0 Å². The van der Waals surface area contributed by atoms with E-state index >= 15 is 0 Å². The lowest BCUT2D eigenvalue weighted by atomic mass is 10.0. The second kappa shape index (κ2) is 10.0. The molecule has 1 aromatic rings. The van der Waals surface area contributed by atoms with Gasteiger partial charge in [-0.2, -0.15) is 0 Å². The highest BCUT2D eigenvalue weighted by molar-refractivity contribution is 5.19. The molecule has 96 valence electrons. The Balaban J connectivity index is 0.000000265. The number of carbonyl (C=O) groups is 1. The Morgan fingerprint density at radius 3 is 1.59 bits per heavy atom. The molecule has 0 amide bonds. The molecule has 1 aliphatic rings. The van der Waals surface area contributed by atoms with Crippen LogP contribution in [0.5, 0.6) is 0 Å². The third kappa shape index (κ3) is 8.64. The Hall–Kier alpha value is -1.15. The third-order valence-corrected chi connectivity index (χ3v) is 2.73. The molecule has 0 atom stereocenters. The first-order valence-electron chi connectivity index (χ1n) is 6.08. The lowest BCUT2D eigenvalue weighted by molar-refractivity contribution is -0.0979. The summed E-state index contributed by atoms with van der Waals surface area (Å²) in [6.45, 7) is 10.4. The predicted octanol–water partition coefficient (Wildman–Crippen LogP) is 3.55. The fraction of sp³-hybridized carbons (Fsp3) is 0.533. The van der Waals surface area contributed by atoms with Gasteiger partial charge in [0.1, 0.15) is 6.79 Å². The van der Waals surface area contributed by atoms with Crippen molar-refractivity contribution in [1.82, 2.24) is 0 Å². The number of benzene rings is 1. The quantitative estimate of drug-likeness (QED) is 0.688. The van der Waals surface area contributed by atoms with Crippen LogP contribution in [0, 0.1) is 19.8 Å². The molecule has 2 nitrogen and oxygen atoms in total. The highest BCUT2D eigenvalue weighted by Gasteiger charge is 2.06. The molecule has 1 fully saturated rings. The van der Waals surface area contributed by atoms with Crippen molar-refractivity contribution in [2.75, 3.05) is 13.2 Å². The third-order valence-electron chi connectivity index (χ3n) is 2.73. The SMILES string of the molecule is C=O.CC1CCOCC1.Cc1ccc(C)cc1. The highest BCUT2D eigenvalue weighted by atomic mass is 16.5. The molecule has 0 radical (unpaired) electrons. The molecule has 17 heavy (non-hydrogen) atoms. The summed E-state index contributed by atoms with van der Waals surface area (Å²) in [5, 5.41) is 0. The molecule has 2 heteroatoms. The normalized spacial score (nSPS) is 15.0. The first-order chi connectivity index (χ1) is 8.18. The summed E-state index contributed by atoms with van der Waals surface area (Å²) in [5.74, 6) is 0.911. The maximum atomic E-state index is 8.00. The fourth-order valence-corrected chi connectivity index (χ4v) is 1.45. The first-order valence-corrected chi connectivity index (χ1v) is 6.08. The molecule has 0 saturated carbocycles. The van der Waals surface area contributed by atoms with E-state index in [9.17, 15) is 0 Å². The van der Waals surface area contributed by atoms with Crippen LogP contribution in [0.1, 0.15) is 30.9 Å². The van der Waals surface area contributed by atoms with Crippen molar-refractivity contribution in [2.45, 2.75) is 33.6 Å². The van der Waals surface area contributed by atoms with Crippen molar-refractivity contribution in [1.29, 1.82) is 0 Å². The van der Waals surface area contributed by atoms with Crippen LogP contribution in [-0.2, 0) is 9.53 Å². The molecule has 0 spiro atoms. The molecular weight excluding hydrogens is 212 g/mol. The van der Waals surface area contributed by atoms with Crippen LogP contribution >= 0.6 is 0 Å². The van der Waals surface area contributed by atoms with Gasteiger partial charge in [-0.1, -0.05) is 42.3 Å². The summed E-state index contributed by atoms with van der Waals surface area (Å²) >= 11 is 0. The Kier molecular flexibility index (Phi) is 9.35. The lowest BCUT2D eigenvalue weighted by Crippen LogP contribution is -2.12. The number of ether oxygens (including phenoxy) is 1. The van der Waals surface area contributed by atoms with Crippen LogP contribution in [0.3, 0.4) is 0 Å². The Morgan fingerprint density at radius 1 is 1.00 bits per heavy atom. The monoisotopic (exact) mass is 236 g/mol. The molecule has 1 aromatic carbocycles. The summed E-state index contributed by atoms with van der Waals surface area (Å²) < 4.78 is 5.14. The molecule has 1 heterocycles. The van der Waals surface area contributed by atoms with Gasteiger partial charge in [-0.05, 0) is 32.6 Å². The minimum atomic E-state index is 0.911. The van der Waals surface area contributed by atoms with E-state index in [2.05, 4.69) is 45.0 Å². The van der Waals surface area contributed by atoms with E-state index in [-0.39, 0.29) is 0 Å². The highest BCUT2D eigenvalue weighted by Crippen LogP contribution is 2.11. The van der Waals surface area contributed by atoms with Gasteiger partial charge in [0.2, 0.25) is 0 Å². The predicted molar refractivity (Wildman–Crippen MR) is 72.3 cm³/mol. The second-order valence-corrected chi connectivity index (χ2v) is 4.45. The van der Waals surface area contributed by atoms with Crippen molar-refractivity contribution >= 4 is 6.79 Å². The standard InChI is InChI=1S/C8H10.C6H12O.CH2O/c1-7-3-5-8(2)6-4-7;1-6-2-4-7-5-3-6;1-2/h3-6H,1-2H3;6H,2-5H2,1H3;1H2. The van der Waals surface area contributed by atoms with Crippen LogP contribution < -0.4 is 0 Å². The van der Waals surface area contributed by atoms with E-state index in [4.69, 9.17) is 9.53 Å². The van der Waals surface area contributed by atoms with Gasteiger partial charge in [-0.25, -0.2) is 0 Å². The van der Waals surface area contributed by atoms with Crippen LogP contribution in [-0.4, -0.2) is 20.0 Å². The zero-order valence-electron chi connectivity index (χ0n) is 11.2. The number of hydrogen-bond donors (Lipinski definition) is 0. The van der Waals surface area contributed by atoms with Gasteiger partial charge in [0.25, 0.3) is 0 Å². The average Bonchev–Trinajstić information content (AvgIpc) is 2.37. The number of aryl methyl sites for hydroxylation is 2. The van der Waals surface area contributed by atoms with Crippen molar-refractivity contribution in [3.63, 3.8) is 0 Å². The maximum absolute atomic E-state index is 8.00. The summed E-state index contributed by atoms with van der Waals surface area (Å²) in [6, 6.07) is 8.48. The van der Waals surface area contributed by atoms with Crippen molar-refractivity contribution in [2.24, 2.45) is 5.92 Å². The molecule has 2 rings (SSSR count). The molecule has 0 N–H and O–H groups in total. The minimum Gasteiger partial charge on any atom is -0.381 e. The Morgan fingerprint density at radius 2 is 1.35 bits per heavy atom. The molecule has 0 aliphatic carbocycles. The summed E-state index contributed by atoms with van der Waals surface area (Å²) in [7, 11) is 0. The summed E-state index contributed by atoms with van der Waals surface area (Å²) in [5.41, 5.74) is 2.66. The topological polar surface area (TPSA) is 26.3 Å². The number of carbonyl (C=O) groups excluding carboxylic acids is 1. The van der Waals surface area contributed by atoms with E-state index in [1.807, 2.05) is 6.79 Å². The summed E-state index contributed by atoms with van der Waals surface area (Å²) in [4.78, 5) is 8.00. The van der Waals surface area contributed by atoms with Crippen molar-refractivity contribution < 1.29 is 9.53 Å². The van der Waals surface area contributed by atoms with E-state index in [0.29, 0.717) is 0 Å². The van der Waals surface area contributed by atoms with E-state index in [0.717, 1.165) is 19.1 Å². The first kappa shape index (κ1) is 15.9. The molecule has 0 unspecified atom stereocenters. The average molecular weight is 236 g/mol. The Labute approximate surface area is 105 Å². The van der Waals surface area contributed by atoms with E-state index < -0.39 is 0 Å². The van der Waals surface area contributed by atoms with Crippen LogP contribution in [0.25, 0.3) is 0 Å². The number of hydrogen-bond acceptors (Lipinski definition) is 2. The maximum Gasteiger partial charge on any atom is 0.106 e. The largest absolute Gasteiger partial charge is 0.381 e. The van der Waals surface area contributed by atoms with Gasteiger partial charge >= 0.3 is 0 Å². The van der Waals surface area contributed by atoms with Gasteiger partial charge < -0.3 is 9.53 Å². The molecule has 0 aromatic heterocycles. The summed E-state index contributed by atoms with van der Waals surface area (Å²) in [6.07, 6.45) is 2.53. The van der Waals surface area contributed by atoms with Gasteiger partial charge in [0, 0.05) is 13.2 Å². The zero-order valence-corrected chi connectivity index (χ0v) is 11.2. The zero-order chi connectivity index (χ0) is 13.1. The fourth-order valence-electron chi connectivity index (χ4n) is 1.45. The van der Waals surface area contributed by atoms with Crippen molar-refractivity contribution in [3.05, 3.63) is 35.4 Å².